The third kappa shape index (κ3) is 3.47. The first kappa shape index (κ1) is 23.0. The molecule has 3 heterocycles. The van der Waals surface area contributed by atoms with Gasteiger partial charge in [-0.05, 0) is 47.7 Å². The molecule has 2 aliphatic carbocycles. The van der Waals surface area contributed by atoms with Crippen LogP contribution in [-0.4, -0.2) is 21.6 Å². The number of allylic oxidation sites excluding steroid dienone is 5. The van der Waals surface area contributed by atoms with Crippen molar-refractivity contribution in [1.29, 1.82) is 0 Å². The fourth-order valence-corrected chi connectivity index (χ4v) is 6.47. The zero-order chi connectivity index (χ0) is 26.6. The van der Waals surface area contributed by atoms with E-state index in [1.807, 2.05) is 30.3 Å². The Balaban J connectivity index is 1.19. The average molecular weight is 522 g/mol. The molecule has 5 nitrogen and oxygen atoms in total. The lowest BCUT2D eigenvalue weighted by Crippen LogP contribution is -2.15. The maximum atomic E-state index is 6.35. The molecule has 8 rings (SSSR count). The van der Waals surface area contributed by atoms with E-state index in [0.29, 0.717) is 11.8 Å². The van der Waals surface area contributed by atoms with Crippen LogP contribution in [0.2, 0.25) is 0 Å². The number of nitrogens with zero attached hydrogens (tertiary/aromatic N) is 3. The largest absolute Gasteiger partial charge is 0.479 e. The minimum Gasteiger partial charge on any atom is -0.479 e. The van der Waals surface area contributed by atoms with E-state index >= 15 is 0 Å². The number of fused-ring (bicyclic) bond motifs is 3. The molecule has 5 heteroatoms. The van der Waals surface area contributed by atoms with Crippen LogP contribution in [0.1, 0.15) is 47.1 Å². The Morgan fingerprint density at radius 3 is 2.62 bits per heavy atom. The van der Waals surface area contributed by atoms with Crippen molar-refractivity contribution < 1.29 is 9.47 Å². The van der Waals surface area contributed by atoms with Gasteiger partial charge in [-0.15, -0.1) is 0 Å². The Morgan fingerprint density at radius 2 is 1.77 bits per heavy atom. The minimum atomic E-state index is 0.114. The van der Waals surface area contributed by atoms with E-state index in [1.54, 1.807) is 13.3 Å². The average Bonchev–Trinajstić information content (AvgIpc) is 3.42. The third-order valence-corrected chi connectivity index (χ3v) is 8.29. The summed E-state index contributed by atoms with van der Waals surface area (Å²) in [6.07, 6.45) is 15.2. The van der Waals surface area contributed by atoms with Crippen LogP contribution < -0.4 is 9.47 Å². The van der Waals surface area contributed by atoms with Crippen molar-refractivity contribution in [1.82, 2.24) is 14.5 Å². The van der Waals surface area contributed by atoms with Crippen LogP contribution in [-0.2, 0) is 0 Å². The van der Waals surface area contributed by atoms with Gasteiger partial charge in [0.25, 0.3) is 0 Å². The van der Waals surface area contributed by atoms with Crippen LogP contribution in [0.25, 0.3) is 34.1 Å². The lowest BCUT2D eigenvalue weighted by atomic mass is 9.77. The van der Waals surface area contributed by atoms with Gasteiger partial charge in [0.05, 0.1) is 18.7 Å². The fraction of sp³-hybridized carbons (Fsp3) is 0.143. The van der Waals surface area contributed by atoms with Gasteiger partial charge in [0.2, 0.25) is 5.88 Å². The van der Waals surface area contributed by atoms with Crippen molar-refractivity contribution in [2.75, 3.05) is 7.11 Å². The summed E-state index contributed by atoms with van der Waals surface area (Å²) >= 11 is 0. The van der Waals surface area contributed by atoms with Crippen molar-refractivity contribution in [3.05, 3.63) is 126 Å². The zero-order valence-corrected chi connectivity index (χ0v) is 22.1. The smallest absolute Gasteiger partial charge is 0.241 e. The standard InChI is InChI=1S/C35H27N3O2/c1-39-35-33-29(20-21-36-35)38(34(37-33)23-8-3-2-4-9-23)24-16-14-22(15-17-24)25-18-19-31-32-27(25)11-7-12-28(32)26-10-5-6-13-30(26)40-31/h2-11,13-16,18-21,24,28H,12,17H2,1H3. The van der Waals surface area contributed by atoms with Gasteiger partial charge in [-0.2, -0.15) is 0 Å². The lowest BCUT2D eigenvalue weighted by molar-refractivity contribution is 0.402. The van der Waals surface area contributed by atoms with Crippen LogP contribution in [0.15, 0.2) is 103 Å². The van der Waals surface area contributed by atoms with Crippen LogP contribution in [0, 0.1) is 0 Å². The highest BCUT2D eigenvalue weighted by molar-refractivity contribution is 5.87. The first-order valence-electron chi connectivity index (χ1n) is 13.8. The predicted molar refractivity (Wildman–Crippen MR) is 159 cm³/mol. The number of aromatic nitrogens is 3. The Bertz CT molecular complexity index is 1880. The summed E-state index contributed by atoms with van der Waals surface area (Å²) in [6.45, 7) is 0. The highest BCUT2D eigenvalue weighted by atomic mass is 16.5. The van der Waals surface area contributed by atoms with E-state index in [2.05, 4.69) is 82.4 Å². The molecular formula is C35H27N3O2. The molecule has 0 saturated carbocycles. The summed E-state index contributed by atoms with van der Waals surface area (Å²) < 4.78 is 14.2. The van der Waals surface area contributed by atoms with E-state index in [-0.39, 0.29) is 6.04 Å². The second kappa shape index (κ2) is 9.09. The molecule has 0 N–H and O–H groups in total. The number of hydrogen-bond acceptors (Lipinski definition) is 4. The Labute approximate surface area is 232 Å². The van der Waals surface area contributed by atoms with E-state index < -0.39 is 0 Å². The van der Waals surface area contributed by atoms with E-state index in [9.17, 15) is 0 Å². The topological polar surface area (TPSA) is 49.2 Å². The first-order chi connectivity index (χ1) is 19.8. The molecule has 0 radical (unpaired) electrons. The van der Waals surface area contributed by atoms with Gasteiger partial charge in [0.15, 0.2) is 5.52 Å². The molecule has 2 unspecified atom stereocenters. The summed E-state index contributed by atoms with van der Waals surface area (Å²) in [4.78, 5) is 9.42. The summed E-state index contributed by atoms with van der Waals surface area (Å²) in [5.74, 6) is 3.74. The van der Waals surface area contributed by atoms with Gasteiger partial charge in [-0.3, -0.25) is 0 Å². The summed E-state index contributed by atoms with van der Waals surface area (Å²) in [5, 5.41) is 0. The van der Waals surface area contributed by atoms with E-state index in [0.717, 1.165) is 46.8 Å². The first-order valence-corrected chi connectivity index (χ1v) is 13.8. The molecule has 194 valence electrons. The molecule has 3 aromatic carbocycles. The second-order valence-electron chi connectivity index (χ2n) is 10.5. The molecule has 0 saturated heterocycles. The van der Waals surface area contributed by atoms with E-state index in [4.69, 9.17) is 14.5 Å². The highest BCUT2D eigenvalue weighted by Crippen LogP contribution is 2.51. The Morgan fingerprint density at radius 1 is 0.900 bits per heavy atom. The van der Waals surface area contributed by atoms with Gasteiger partial charge in [0.1, 0.15) is 17.3 Å². The van der Waals surface area contributed by atoms with Gasteiger partial charge < -0.3 is 14.0 Å². The molecule has 0 bridgehead atoms. The highest BCUT2D eigenvalue weighted by Gasteiger charge is 2.32. The van der Waals surface area contributed by atoms with Crippen molar-refractivity contribution in [3.63, 3.8) is 0 Å². The van der Waals surface area contributed by atoms with Gasteiger partial charge in [0, 0.05) is 28.8 Å². The van der Waals surface area contributed by atoms with Crippen molar-refractivity contribution in [2.45, 2.75) is 24.8 Å². The number of methoxy groups -OCH3 is 1. The number of pyridine rings is 1. The molecular weight excluding hydrogens is 494 g/mol. The second-order valence-corrected chi connectivity index (χ2v) is 10.5. The van der Waals surface area contributed by atoms with E-state index in [1.165, 1.54) is 27.8 Å². The minimum absolute atomic E-state index is 0.114. The number of benzene rings is 3. The van der Waals surface area contributed by atoms with Crippen molar-refractivity contribution in [2.24, 2.45) is 0 Å². The van der Waals surface area contributed by atoms with Crippen molar-refractivity contribution >= 4 is 22.7 Å². The monoisotopic (exact) mass is 521 g/mol. The normalized spacial score (nSPS) is 18.6. The number of ether oxygens (including phenoxy) is 2. The zero-order valence-electron chi connectivity index (χ0n) is 22.1. The number of imidazole rings is 1. The molecule has 5 aromatic rings. The summed E-state index contributed by atoms with van der Waals surface area (Å²) in [5.41, 5.74) is 9.21. The number of para-hydroxylation sites is 1. The molecule has 0 fully saturated rings. The molecule has 0 amide bonds. The quantitative estimate of drug-likeness (QED) is 0.238. The summed E-state index contributed by atoms with van der Waals surface area (Å²) in [6, 6.07) is 25.3. The molecule has 0 spiro atoms. The van der Waals surface area contributed by atoms with Crippen LogP contribution >= 0.6 is 0 Å². The van der Waals surface area contributed by atoms with Crippen LogP contribution in [0.4, 0.5) is 0 Å². The number of hydrogen-bond donors (Lipinski definition) is 0. The van der Waals surface area contributed by atoms with Gasteiger partial charge in [-0.1, -0.05) is 85.0 Å². The molecule has 1 aliphatic heterocycles. The van der Waals surface area contributed by atoms with Gasteiger partial charge >= 0.3 is 0 Å². The SMILES string of the molecule is COc1nccc2c1nc(-c1ccccc1)n2C1C=CC(c2ccc3c4c2C=CCC4c2ccccc2O3)=CC1. The van der Waals surface area contributed by atoms with Gasteiger partial charge in [-0.25, -0.2) is 9.97 Å². The molecule has 2 atom stereocenters. The lowest BCUT2D eigenvalue weighted by Gasteiger charge is -2.32. The fourth-order valence-electron chi connectivity index (χ4n) is 6.47. The predicted octanol–water partition coefficient (Wildman–Crippen LogP) is 8.35. The maximum absolute atomic E-state index is 6.35. The van der Waals surface area contributed by atoms with Crippen LogP contribution in [0.5, 0.6) is 17.4 Å². The maximum Gasteiger partial charge on any atom is 0.241 e. The molecule has 3 aliphatic rings. The Hall–Kier alpha value is -4.90. The Kier molecular flexibility index (Phi) is 5.23. The third-order valence-electron chi connectivity index (χ3n) is 8.29. The number of rotatable bonds is 4. The molecule has 40 heavy (non-hydrogen) atoms. The summed E-state index contributed by atoms with van der Waals surface area (Å²) in [7, 11) is 1.65. The van der Waals surface area contributed by atoms with Crippen LogP contribution in [0.3, 0.4) is 0 Å². The molecule has 2 aromatic heterocycles. The van der Waals surface area contributed by atoms with Crippen molar-refractivity contribution in [3.8, 4) is 28.8 Å².